The van der Waals surface area contributed by atoms with Gasteiger partial charge in [0.05, 0.1) is 0 Å². The van der Waals surface area contributed by atoms with Gasteiger partial charge in [0, 0.05) is 22.4 Å². The van der Waals surface area contributed by atoms with Crippen molar-refractivity contribution in [2.24, 2.45) is 0 Å². The van der Waals surface area contributed by atoms with Crippen molar-refractivity contribution in [3.05, 3.63) is 59.2 Å². The van der Waals surface area contributed by atoms with Gasteiger partial charge in [0.2, 0.25) is 0 Å². The van der Waals surface area contributed by atoms with E-state index in [1.807, 2.05) is 26.0 Å². The largest absolute Gasteiger partial charge is 0.421 e. The van der Waals surface area contributed by atoms with E-state index in [9.17, 15) is 18.3 Å². The Bertz CT molecular complexity index is 735. The monoisotopic (exact) mass is 338 g/mol. The highest BCUT2D eigenvalue weighted by molar-refractivity contribution is 5.55. The lowest BCUT2D eigenvalue weighted by molar-refractivity contribution is -0.258. The molecule has 0 spiro atoms. The van der Waals surface area contributed by atoms with E-state index >= 15 is 0 Å². The van der Waals surface area contributed by atoms with E-state index in [0.717, 1.165) is 5.56 Å². The summed E-state index contributed by atoms with van der Waals surface area (Å²) in [6, 6.07) is 11.5. The fourth-order valence-electron chi connectivity index (χ4n) is 2.59. The van der Waals surface area contributed by atoms with Crippen LogP contribution in [-0.4, -0.2) is 11.3 Å². The van der Waals surface area contributed by atoms with Gasteiger partial charge in [-0.15, -0.1) is 0 Å². The van der Waals surface area contributed by atoms with Crippen LogP contribution in [0, 0.1) is 0 Å². The van der Waals surface area contributed by atoms with Gasteiger partial charge in [-0.25, -0.2) is 0 Å². The number of hydrogen-bond acceptors (Lipinski definition) is 3. The first-order chi connectivity index (χ1) is 10.9. The minimum Gasteiger partial charge on any atom is -0.399 e. The Morgan fingerprint density at radius 2 is 1.33 bits per heavy atom. The van der Waals surface area contributed by atoms with Crippen LogP contribution in [0.3, 0.4) is 0 Å². The summed E-state index contributed by atoms with van der Waals surface area (Å²) in [5.74, 6) is 0. The zero-order valence-corrected chi connectivity index (χ0v) is 13.8. The number of anilines is 2. The van der Waals surface area contributed by atoms with E-state index < -0.39 is 17.2 Å². The van der Waals surface area contributed by atoms with Gasteiger partial charge in [-0.3, -0.25) is 0 Å². The second-order valence-corrected chi connectivity index (χ2v) is 6.62. The van der Waals surface area contributed by atoms with Crippen molar-refractivity contribution < 1.29 is 18.3 Å². The maximum atomic E-state index is 13.2. The highest BCUT2D eigenvalue weighted by Gasteiger charge is 2.52. The van der Waals surface area contributed by atoms with Gasteiger partial charge >= 0.3 is 6.18 Å². The first kappa shape index (κ1) is 18.1. The van der Waals surface area contributed by atoms with E-state index in [4.69, 9.17) is 11.5 Å². The summed E-state index contributed by atoms with van der Waals surface area (Å²) < 4.78 is 39.5. The van der Waals surface area contributed by atoms with Gasteiger partial charge in [0.15, 0.2) is 5.60 Å². The van der Waals surface area contributed by atoms with Crippen LogP contribution in [0.4, 0.5) is 24.5 Å². The van der Waals surface area contributed by atoms with Crippen molar-refractivity contribution in [3.8, 4) is 0 Å². The Labute approximate surface area is 139 Å². The molecule has 0 amide bonds. The summed E-state index contributed by atoms with van der Waals surface area (Å²) in [6.45, 7) is 4.48. The molecule has 3 nitrogen and oxygen atoms in total. The van der Waals surface area contributed by atoms with Gasteiger partial charge < -0.3 is 16.6 Å². The average molecular weight is 338 g/mol. The predicted molar refractivity (Wildman–Crippen MR) is 89.5 cm³/mol. The maximum absolute atomic E-state index is 13.2. The third-order valence-electron chi connectivity index (χ3n) is 4.48. The molecule has 2 rings (SSSR count). The maximum Gasteiger partial charge on any atom is 0.421 e. The summed E-state index contributed by atoms with van der Waals surface area (Å²) in [6.07, 6.45) is -4.83. The SMILES string of the molecule is CC(C)(c1ccc(N)cc1)c1ccc(N)c(C(C)(O)C(F)(F)F)c1. The molecule has 5 N–H and O–H groups in total. The molecule has 1 atom stereocenters. The average Bonchev–Trinajstić information content (AvgIpc) is 2.46. The molecule has 6 heteroatoms. The van der Waals surface area contributed by atoms with E-state index in [0.29, 0.717) is 18.2 Å². The van der Waals surface area contributed by atoms with Crippen LogP contribution < -0.4 is 11.5 Å². The molecule has 0 aliphatic heterocycles. The molecule has 0 heterocycles. The molecule has 130 valence electrons. The Balaban J connectivity index is 2.57. The molecule has 0 aromatic heterocycles. The zero-order chi connectivity index (χ0) is 18.3. The Kier molecular flexibility index (Phi) is 4.31. The van der Waals surface area contributed by atoms with Crippen LogP contribution in [-0.2, 0) is 11.0 Å². The number of nitrogen functional groups attached to an aromatic ring is 2. The Morgan fingerprint density at radius 3 is 1.83 bits per heavy atom. The summed E-state index contributed by atoms with van der Waals surface area (Å²) in [7, 11) is 0. The Hall–Kier alpha value is -2.21. The molecule has 0 aliphatic carbocycles. The van der Waals surface area contributed by atoms with Crippen LogP contribution in [0.5, 0.6) is 0 Å². The van der Waals surface area contributed by atoms with Crippen LogP contribution in [0.1, 0.15) is 37.5 Å². The highest BCUT2D eigenvalue weighted by Crippen LogP contribution is 2.43. The second-order valence-electron chi connectivity index (χ2n) is 6.62. The first-order valence-corrected chi connectivity index (χ1v) is 7.43. The number of nitrogens with two attached hydrogens (primary N) is 2. The summed E-state index contributed by atoms with van der Waals surface area (Å²) >= 11 is 0. The van der Waals surface area contributed by atoms with E-state index in [-0.39, 0.29) is 11.3 Å². The quantitative estimate of drug-likeness (QED) is 0.742. The summed E-state index contributed by atoms with van der Waals surface area (Å²) in [5.41, 5.74) is 9.42. The van der Waals surface area contributed by atoms with Gasteiger partial charge in [-0.2, -0.15) is 13.2 Å². The minimum atomic E-state index is -4.83. The lowest BCUT2D eigenvalue weighted by atomic mass is 9.76. The lowest BCUT2D eigenvalue weighted by Gasteiger charge is -2.31. The molecular formula is C18H21F3N2O. The van der Waals surface area contributed by atoms with Gasteiger partial charge in [0.25, 0.3) is 0 Å². The summed E-state index contributed by atoms with van der Waals surface area (Å²) in [5, 5.41) is 9.98. The second kappa shape index (κ2) is 5.70. The van der Waals surface area contributed by atoms with Gasteiger partial charge in [0.1, 0.15) is 0 Å². The molecule has 2 aromatic rings. The molecule has 24 heavy (non-hydrogen) atoms. The molecule has 2 aromatic carbocycles. The van der Waals surface area contributed by atoms with Crippen molar-refractivity contribution in [1.29, 1.82) is 0 Å². The molecule has 0 saturated heterocycles. The van der Waals surface area contributed by atoms with Gasteiger partial charge in [-0.05, 0) is 42.3 Å². The van der Waals surface area contributed by atoms with E-state index in [1.54, 1.807) is 18.2 Å². The van der Waals surface area contributed by atoms with Crippen LogP contribution in [0.2, 0.25) is 0 Å². The number of benzene rings is 2. The molecular weight excluding hydrogens is 317 g/mol. The van der Waals surface area contributed by atoms with E-state index in [1.165, 1.54) is 12.1 Å². The van der Waals surface area contributed by atoms with Gasteiger partial charge in [-0.1, -0.05) is 32.0 Å². The number of rotatable bonds is 3. The topological polar surface area (TPSA) is 72.3 Å². The van der Waals surface area contributed by atoms with Crippen molar-refractivity contribution in [2.45, 2.75) is 38.0 Å². The van der Waals surface area contributed by atoms with Crippen LogP contribution in [0.25, 0.3) is 0 Å². The molecule has 0 fully saturated rings. The molecule has 0 saturated carbocycles. The zero-order valence-electron chi connectivity index (χ0n) is 13.8. The van der Waals surface area contributed by atoms with Crippen molar-refractivity contribution in [3.63, 3.8) is 0 Å². The summed E-state index contributed by atoms with van der Waals surface area (Å²) in [4.78, 5) is 0. The van der Waals surface area contributed by atoms with Crippen molar-refractivity contribution in [2.75, 3.05) is 11.5 Å². The fraction of sp³-hybridized carbons (Fsp3) is 0.333. The third kappa shape index (κ3) is 3.06. The third-order valence-corrected chi connectivity index (χ3v) is 4.48. The predicted octanol–water partition coefficient (Wildman–Crippen LogP) is 3.95. The van der Waals surface area contributed by atoms with E-state index in [2.05, 4.69) is 0 Å². The highest BCUT2D eigenvalue weighted by atomic mass is 19.4. The number of hydrogen-bond donors (Lipinski definition) is 3. The molecule has 0 aliphatic rings. The number of alkyl halides is 3. The smallest absolute Gasteiger partial charge is 0.399 e. The van der Waals surface area contributed by atoms with Crippen LogP contribution in [0.15, 0.2) is 42.5 Å². The normalized spacial score (nSPS) is 15.1. The standard InChI is InChI=1S/C18H21F3N2O/c1-16(2,11-4-7-13(22)8-5-11)12-6-9-15(23)14(10-12)17(3,24)18(19,20)21/h4-10,24H,22-23H2,1-3H3. The molecule has 0 bridgehead atoms. The Morgan fingerprint density at radius 1 is 0.833 bits per heavy atom. The fourth-order valence-corrected chi connectivity index (χ4v) is 2.59. The number of aliphatic hydroxyl groups is 1. The van der Waals surface area contributed by atoms with Crippen molar-refractivity contribution >= 4 is 11.4 Å². The molecule has 0 radical (unpaired) electrons. The lowest BCUT2D eigenvalue weighted by Crippen LogP contribution is -2.40. The van der Waals surface area contributed by atoms with Crippen LogP contribution >= 0.6 is 0 Å². The minimum absolute atomic E-state index is 0.103. The molecule has 1 unspecified atom stereocenters. The van der Waals surface area contributed by atoms with Crippen molar-refractivity contribution in [1.82, 2.24) is 0 Å². The first-order valence-electron chi connectivity index (χ1n) is 7.43. The number of halogens is 3.